The van der Waals surface area contributed by atoms with Crippen molar-refractivity contribution in [1.29, 1.82) is 0 Å². The molecule has 3 N–H and O–H groups in total. The number of hydrogen-bond donors (Lipinski definition) is 3. The summed E-state index contributed by atoms with van der Waals surface area (Å²) >= 11 is 0. The van der Waals surface area contributed by atoms with Crippen LogP contribution in [-0.2, 0) is 15.1 Å². The minimum absolute atomic E-state index is 0.148. The first-order valence-corrected chi connectivity index (χ1v) is 6.70. The first-order valence-electron chi connectivity index (χ1n) is 5.30. The Morgan fingerprint density at radius 1 is 1.00 bits per heavy atom. The van der Waals surface area contributed by atoms with Crippen molar-refractivity contribution in [2.24, 2.45) is 0 Å². The highest BCUT2D eigenvalue weighted by atomic mass is 32.3. The molecule has 0 aromatic rings. The molecule has 0 aromatic carbocycles. The summed E-state index contributed by atoms with van der Waals surface area (Å²) in [6.45, 7) is 3.66. The summed E-state index contributed by atoms with van der Waals surface area (Å²) in [5.41, 5.74) is 0. The van der Waals surface area contributed by atoms with E-state index in [0.29, 0.717) is 6.61 Å². The van der Waals surface area contributed by atoms with E-state index >= 15 is 0 Å². The second-order valence-electron chi connectivity index (χ2n) is 3.20. The summed E-state index contributed by atoms with van der Waals surface area (Å²) in [4.78, 5) is 0. The normalized spacial score (nSPS) is 10.8. The van der Waals surface area contributed by atoms with Crippen LogP contribution in [0, 0.1) is 0 Å². The van der Waals surface area contributed by atoms with Gasteiger partial charge >= 0.3 is 10.4 Å². The van der Waals surface area contributed by atoms with Gasteiger partial charge in [0, 0.05) is 6.61 Å². The first kappa shape index (κ1) is 18.2. The van der Waals surface area contributed by atoms with E-state index in [1.54, 1.807) is 0 Å². The van der Waals surface area contributed by atoms with E-state index in [2.05, 4.69) is 6.92 Å². The zero-order valence-corrected chi connectivity index (χ0v) is 10.4. The molecule has 0 fully saturated rings. The Bertz CT molecular complexity index is 198. The summed E-state index contributed by atoms with van der Waals surface area (Å²) in [5, 5.41) is 8.38. The Kier molecular flexibility index (Phi) is 14.6. The van der Waals surface area contributed by atoms with Crippen molar-refractivity contribution in [2.75, 3.05) is 19.8 Å². The van der Waals surface area contributed by atoms with Gasteiger partial charge in [-0.3, -0.25) is 9.11 Å². The molecule has 0 aromatic heterocycles. The smallest absolute Gasteiger partial charge is 0.394 e. The number of rotatable bonds is 8. The summed E-state index contributed by atoms with van der Waals surface area (Å²) in [5.74, 6) is 0. The van der Waals surface area contributed by atoms with Crippen LogP contribution >= 0.6 is 0 Å². The highest BCUT2D eigenvalue weighted by Crippen LogP contribution is 2.01. The molecule has 0 saturated carbocycles. The average Bonchev–Trinajstić information content (AvgIpc) is 2.14. The molecule has 16 heavy (non-hydrogen) atoms. The van der Waals surface area contributed by atoms with Gasteiger partial charge in [-0.25, -0.2) is 0 Å². The second-order valence-corrected chi connectivity index (χ2v) is 4.09. The van der Waals surface area contributed by atoms with Crippen molar-refractivity contribution in [1.82, 2.24) is 0 Å². The van der Waals surface area contributed by atoms with Gasteiger partial charge in [0.2, 0.25) is 0 Å². The molecular weight excluding hydrogens is 236 g/mol. The molecule has 0 radical (unpaired) electrons. The molecule has 0 rings (SSSR count). The van der Waals surface area contributed by atoms with Crippen LogP contribution in [0.15, 0.2) is 0 Å². The van der Waals surface area contributed by atoms with Crippen LogP contribution in [0.1, 0.15) is 39.0 Å². The fourth-order valence-corrected chi connectivity index (χ4v) is 0.974. The predicted octanol–water partition coefficient (Wildman–Crippen LogP) is 1.31. The Hall–Kier alpha value is -0.210. The molecule has 0 spiro atoms. The molecule has 7 heteroatoms. The lowest BCUT2D eigenvalue weighted by Gasteiger charge is -2.00. The van der Waals surface area contributed by atoms with Gasteiger partial charge in [-0.1, -0.05) is 32.6 Å². The van der Waals surface area contributed by atoms with Crippen molar-refractivity contribution in [3.05, 3.63) is 0 Å². The maximum atomic E-state index is 8.74. The lowest BCUT2D eigenvalue weighted by atomic mass is 10.2. The molecular formula is C9H22O6S. The fourth-order valence-electron chi connectivity index (χ4n) is 0.974. The van der Waals surface area contributed by atoms with Gasteiger partial charge in [-0.15, -0.1) is 0 Å². The van der Waals surface area contributed by atoms with E-state index in [9.17, 15) is 0 Å². The van der Waals surface area contributed by atoms with Gasteiger partial charge in [0.15, 0.2) is 0 Å². The van der Waals surface area contributed by atoms with Crippen molar-refractivity contribution < 1.29 is 27.4 Å². The van der Waals surface area contributed by atoms with Crippen LogP contribution in [0.4, 0.5) is 0 Å². The molecule has 0 amide bonds. The molecule has 0 heterocycles. The maximum absolute atomic E-state index is 8.74. The number of aliphatic hydroxyl groups is 1. The Balaban J connectivity index is 0. The number of unbranched alkanes of at least 4 members (excludes halogenated alkanes) is 4. The lowest BCUT2D eigenvalue weighted by molar-refractivity contribution is 0.0895. The van der Waals surface area contributed by atoms with Crippen molar-refractivity contribution in [3.63, 3.8) is 0 Å². The van der Waals surface area contributed by atoms with Gasteiger partial charge in [0.25, 0.3) is 0 Å². The second kappa shape index (κ2) is 12.9. The Morgan fingerprint density at radius 3 is 1.94 bits per heavy atom. The largest absolute Gasteiger partial charge is 0.394 e. The molecule has 0 aliphatic carbocycles. The monoisotopic (exact) mass is 258 g/mol. The zero-order chi connectivity index (χ0) is 12.9. The summed E-state index contributed by atoms with van der Waals surface area (Å²) in [7, 11) is -4.67. The van der Waals surface area contributed by atoms with E-state index in [0.717, 1.165) is 13.0 Å². The molecule has 100 valence electrons. The Morgan fingerprint density at radius 2 is 1.50 bits per heavy atom. The van der Waals surface area contributed by atoms with Gasteiger partial charge in [-0.05, 0) is 6.42 Å². The van der Waals surface area contributed by atoms with Crippen molar-refractivity contribution in [3.8, 4) is 0 Å². The van der Waals surface area contributed by atoms with Gasteiger partial charge in [0.05, 0.1) is 13.2 Å². The highest BCUT2D eigenvalue weighted by molar-refractivity contribution is 7.79. The Labute approximate surface area is 97.2 Å². The third-order valence-electron chi connectivity index (χ3n) is 1.63. The quantitative estimate of drug-likeness (QED) is 0.448. The SMILES string of the molecule is CCCCCCCOCCO.O=S(=O)(O)O. The van der Waals surface area contributed by atoms with Crippen LogP contribution in [0.3, 0.4) is 0 Å². The predicted molar refractivity (Wildman–Crippen MR) is 60.8 cm³/mol. The molecule has 6 nitrogen and oxygen atoms in total. The molecule has 0 bridgehead atoms. The highest BCUT2D eigenvalue weighted by Gasteiger charge is 1.88. The number of hydrogen-bond acceptors (Lipinski definition) is 4. The zero-order valence-electron chi connectivity index (χ0n) is 9.63. The molecule has 0 aliphatic rings. The van der Waals surface area contributed by atoms with E-state index in [-0.39, 0.29) is 6.61 Å². The molecule has 0 atom stereocenters. The third-order valence-corrected chi connectivity index (χ3v) is 1.63. The van der Waals surface area contributed by atoms with Crippen molar-refractivity contribution >= 4 is 10.4 Å². The van der Waals surface area contributed by atoms with E-state index in [4.69, 9.17) is 27.4 Å². The summed E-state index contributed by atoms with van der Waals surface area (Å²) in [6, 6.07) is 0. The topological polar surface area (TPSA) is 104 Å². The van der Waals surface area contributed by atoms with Crippen LogP contribution in [-0.4, -0.2) is 42.5 Å². The summed E-state index contributed by atoms with van der Waals surface area (Å²) < 4.78 is 36.7. The maximum Gasteiger partial charge on any atom is 0.394 e. The van der Waals surface area contributed by atoms with Crippen LogP contribution < -0.4 is 0 Å². The number of ether oxygens (including phenoxy) is 1. The van der Waals surface area contributed by atoms with Crippen LogP contribution in [0.25, 0.3) is 0 Å². The minimum Gasteiger partial charge on any atom is -0.394 e. The minimum atomic E-state index is -4.67. The number of aliphatic hydroxyl groups excluding tert-OH is 1. The van der Waals surface area contributed by atoms with Crippen molar-refractivity contribution in [2.45, 2.75) is 39.0 Å². The van der Waals surface area contributed by atoms with Gasteiger partial charge < -0.3 is 9.84 Å². The molecule has 0 unspecified atom stereocenters. The standard InChI is InChI=1S/C9H20O2.H2O4S/c1-2-3-4-5-6-8-11-9-7-10;1-5(2,3)4/h10H,2-9H2,1H3;(H2,1,2,3,4). The van der Waals surface area contributed by atoms with Gasteiger partial charge in [-0.2, -0.15) is 8.42 Å². The molecule has 0 aliphatic heterocycles. The van der Waals surface area contributed by atoms with E-state index in [1.165, 1.54) is 25.7 Å². The molecule has 0 saturated heterocycles. The van der Waals surface area contributed by atoms with Crippen LogP contribution in [0.2, 0.25) is 0 Å². The van der Waals surface area contributed by atoms with E-state index in [1.807, 2.05) is 0 Å². The van der Waals surface area contributed by atoms with Crippen LogP contribution in [0.5, 0.6) is 0 Å². The summed E-state index contributed by atoms with van der Waals surface area (Å²) in [6.07, 6.45) is 6.34. The van der Waals surface area contributed by atoms with Gasteiger partial charge in [0.1, 0.15) is 0 Å². The average molecular weight is 258 g/mol. The first-order chi connectivity index (χ1) is 7.41. The third kappa shape index (κ3) is 37.2. The lowest BCUT2D eigenvalue weighted by Crippen LogP contribution is -2.00. The van der Waals surface area contributed by atoms with E-state index < -0.39 is 10.4 Å². The fraction of sp³-hybridized carbons (Fsp3) is 1.00.